The summed E-state index contributed by atoms with van der Waals surface area (Å²) in [5.74, 6) is 0.0735. The predicted molar refractivity (Wildman–Crippen MR) is 108 cm³/mol. The fourth-order valence-corrected chi connectivity index (χ4v) is 3.40. The van der Waals surface area contributed by atoms with E-state index in [1.807, 2.05) is 46.8 Å². The van der Waals surface area contributed by atoms with Crippen molar-refractivity contribution >= 4 is 17.7 Å². The molecule has 0 heterocycles. The van der Waals surface area contributed by atoms with Crippen LogP contribution in [0.15, 0.2) is 0 Å². The molecule has 156 valence electrons. The van der Waals surface area contributed by atoms with E-state index >= 15 is 0 Å². The summed E-state index contributed by atoms with van der Waals surface area (Å²) in [7, 11) is 5.73. The van der Waals surface area contributed by atoms with Crippen LogP contribution in [-0.4, -0.2) is 73.8 Å². The molecule has 0 bridgehead atoms. The molecule has 0 spiro atoms. The smallest absolute Gasteiger partial charge is 0.324 e. The first-order valence-electron chi connectivity index (χ1n) is 10.0. The number of urea groups is 1. The minimum Gasteiger partial charge on any atom is -0.336 e. The van der Waals surface area contributed by atoms with Crippen LogP contribution in [0.3, 0.4) is 0 Å². The molecule has 7 nitrogen and oxygen atoms in total. The fourth-order valence-electron chi connectivity index (χ4n) is 3.40. The van der Waals surface area contributed by atoms with Crippen LogP contribution in [0, 0.1) is 11.8 Å². The van der Waals surface area contributed by atoms with E-state index in [0.29, 0.717) is 38.9 Å². The first kappa shape index (κ1) is 23.6. The van der Waals surface area contributed by atoms with E-state index in [2.05, 4.69) is 10.6 Å². The molecular weight excluding hydrogens is 344 g/mol. The third kappa shape index (κ3) is 7.22. The van der Waals surface area contributed by atoms with E-state index in [9.17, 15) is 14.4 Å². The highest BCUT2D eigenvalue weighted by atomic mass is 16.2. The van der Waals surface area contributed by atoms with Crippen molar-refractivity contribution in [2.45, 2.75) is 58.4 Å². The van der Waals surface area contributed by atoms with Gasteiger partial charge in [0.25, 0.3) is 0 Å². The first-order valence-corrected chi connectivity index (χ1v) is 10.0. The molecule has 1 aliphatic carbocycles. The Kier molecular flexibility index (Phi) is 9.39. The molecule has 1 saturated carbocycles. The van der Waals surface area contributed by atoms with E-state index < -0.39 is 0 Å². The molecule has 3 amide bonds. The number of hydrogen-bond acceptors (Lipinski definition) is 5. The number of likely N-dealkylation sites (N-methyl/N-ethyl adjacent to an activating group) is 1. The van der Waals surface area contributed by atoms with Gasteiger partial charge >= 0.3 is 6.03 Å². The van der Waals surface area contributed by atoms with Gasteiger partial charge in [-0.25, -0.2) is 4.79 Å². The Bertz CT molecular complexity index is 519. The van der Waals surface area contributed by atoms with Gasteiger partial charge in [0.15, 0.2) is 0 Å². The molecule has 0 aromatic carbocycles. The maximum absolute atomic E-state index is 13.0. The van der Waals surface area contributed by atoms with Crippen LogP contribution < -0.4 is 10.6 Å². The molecule has 0 unspecified atom stereocenters. The number of nitrogens with one attached hydrogen (secondary N) is 2. The van der Waals surface area contributed by atoms with Gasteiger partial charge in [0, 0.05) is 38.0 Å². The Labute approximate surface area is 164 Å². The summed E-state index contributed by atoms with van der Waals surface area (Å²) < 4.78 is 0. The second-order valence-corrected chi connectivity index (χ2v) is 8.44. The van der Waals surface area contributed by atoms with Gasteiger partial charge < -0.3 is 15.5 Å². The molecule has 2 N–H and O–H groups in total. The van der Waals surface area contributed by atoms with Crippen LogP contribution in [0.1, 0.15) is 52.9 Å². The molecule has 1 rings (SSSR count). The predicted octanol–water partition coefficient (Wildman–Crippen LogP) is 1.87. The number of Topliss-reactive ketones (excluding diaryl/α,β-unsaturated/α-hetero) is 1. The minimum atomic E-state index is -0.349. The summed E-state index contributed by atoms with van der Waals surface area (Å²) in [5, 5.41) is 5.96. The molecule has 27 heavy (non-hydrogen) atoms. The average Bonchev–Trinajstić information content (AvgIpc) is 2.60. The molecule has 0 aromatic rings. The normalized spacial score (nSPS) is 19.1. The minimum absolute atomic E-state index is 0.162. The Morgan fingerprint density at radius 2 is 1.96 bits per heavy atom. The van der Waals surface area contributed by atoms with E-state index in [1.54, 1.807) is 0 Å². The van der Waals surface area contributed by atoms with Gasteiger partial charge in [-0.1, -0.05) is 0 Å². The molecule has 1 aliphatic rings. The summed E-state index contributed by atoms with van der Waals surface area (Å²) in [5.41, 5.74) is -0.203. The lowest BCUT2D eigenvalue weighted by molar-refractivity contribution is -0.133. The van der Waals surface area contributed by atoms with Crippen molar-refractivity contribution in [3.63, 3.8) is 0 Å². The number of rotatable bonds is 9. The highest BCUT2D eigenvalue weighted by molar-refractivity contribution is 5.95. The second kappa shape index (κ2) is 10.8. The van der Waals surface area contributed by atoms with Crippen molar-refractivity contribution < 1.29 is 14.4 Å². The fraction of sp³-hybridized carbons (Fsp3) is 0.850. The van der Waals surface area contributed by atoms with Crippen molar-refractivity contribution in [2.75, 3.05) is 40.8 Å². The molecule has 2 atom stereocenters. The summed E-state index contributed by atoms with van der Waals surface area (Å²) in [6.07, 6.45) is 3.75. The molecule has 0 aliphatic heterocycles. The summed E-state index contributed by atoms with van der Waals surface area (Å²) in [6.45, 7) is 7.18. The highest BCUT2D eigenvalue weighted by Gasteiger charge is 2.32. The van der Waals surface area contributed by atoms with Gasteiger partial charge in [0.05, 0.1) is 5.92 Å². The maximum atomic E-state index is 13.0. The lowest BCUT2D eigenvalue weighted by Crippen LogP contribution is -2.53. The Morgan fingerprint density at radius 3 is 2.48 bits per heavy atom. The van der Waals surface area contributed by atoms with Crippen LogP contribution in [0.2, 0.25) is 0 Å². The van der Waals surface area contributed by atoms with Crippen molar-refractivity contribution in [1.29, 1.82) is 0 Å². The quantitative estimate of drug-likeness (QED) is 0.636. The highest BCUT2D eigenvalue weighted by Crippen LogP contribution is 2.28. The van der Waals surface area contributed by atoms with Crippen molar-refractivity contribution in [3.8, 4) is 0 Å². The standard InChI is InChI=1S/C20H38N4O3/c1-7-24(19(27)22-14-20(2,3)23(5)6)18(26)16(13-21-4)11-15-9-8-10-17(25)12-15/h15-16,21H,7-14H2,1-6H3,(H,22,27)/t15-,16-/m1/s1. The van der Waals surface area contributed by atoms with Gasteiger partial charge in [-0.15, -0.1) is 0 Å². The monoisotopic (exact) mass is 382 g/mol. The maximum Gasteiger partial charge on any atom is 0.324 e. The van der Waals surface area contributed by atoms with Gasteiger partial charge in [-0.3, -0.25) is 14.5 Å². The van der Waals surface area contributed by atoms with Crippen LogP contribution in [-0.2, 0) is 9.59 Å². The van der Waals surface area contributed by atoms with E-state index in [0.717, 1.165) is 12.8 Å². The first-order chi connectivity index (χ1) is 12.6. The van der Waals surface area contributed by atoms with Crippen molar-refractivity contribution in [2.24, 2.45) is 11.8 Å². The van der Waals surface area contributed by atoms with E-state index in [4.69, 9.17) is 0 Å². The number of ketones is 1. The largest absolute Gasteiger partial charge is 0.336 e. The zero-order chi connectivity index (χ0) is 20.6. The average molecular weight is 383 g/mol. The molecule has 7 heteroatoms. The van der Waals surface area contributed by atoms with Gasteiger partial charge in [0.2, 0.25) is 5.91 Å². The topological polar surface area (TPSA) is 81.8 Å². The zero-order valence-corrected chi connectivity index (χ0v) is 17.9. The Hall–Kier alpha value is -1.47. The van der Waals surface area contributed by atoms with Crippen LogP contribution in [0.5, 0.6) is 0 Å². The third-order valence-electron chi connectivity index (χ3n) is 5.71. The number of nitrogens with zero attached hydrogens (tertiary/aromatic N) is 2. The summed E-state index contributed by atoms with van der Waals surface area (Å²) in [6, 6.07) is -0.349. The lowest BCUT2D eigenvalue weighted by atomic mass is 9.81. The Balaban J connectivity index is 2.75. The lowest BCUT2D eigenvalue weighted by Gasteiger charge is -2.34. The number of hydrogen-bond donors (Lipinski definition) is 2. The molecule has 0 saturated heterocycles. The summed E-state index contributed by atoms with van der Waals surface area (Å²) >= 11 is 0. The molecule has 0 aromatic heterocycles. The van der Waals surface area contributed by atoms with E-state index in [1.165, 1.54) is 4.90 Å². The molecule has 0 radical (unpaired) electrons. The third-order valence-corrected chi connectivity index (χ3v) is 5.71. The second-order valence-electron chi connectivity index (χ2n) is 8.44. The van der Waals surface area contributed by atoms with Gasteiger partial charge in [-0.05, 0) is 67.1 Å². The van der Waals surface area contributed by atoms with E-state index in [-0.39, 0.29) is 35.1 Å². The SMILES string of the molecule is CCN(C(=O)NCC(C)(C)N(C)C)C(=O)[C@@H](CNC)C[C@H]1CCCC(=O)C1. The van der Waals surface area contributed by atoms with Crippen LogP contribution >= 0.6 is 0 Å². The van der Waals surface area contributed by atoms with Gasteiger partial charge in [-0.2, -0.15) is 0 Å². The number of carbonyl (C=O) groups excluding carboxylic acids is 3. The molecule has 1 fully saturated rings. The van der Waals surface area contributed by atoms with Crippen molar-refractivity contribution in [3.05, 3.63) is 0 Å². The number of imide groups is 1. The molecular formula is C20H38N4O3. The van der Waals surface area contributed by atoms with Crippen LogP contribution in [0.25, 0.3) is 0 Å². The van der Waals surface area contributed by atoms with Crippen LogP contribution in [0.4, 0.5) is 4.79 Å². The van der Waals surface area contributed by atoms with Crippen molar-refractivity contribution in [1.82, 2.24) is 20.4 Å². The Morgan fingerprint density at radius 1 is 1.30 bits per heavy atom. The zero-order valence-electron chi connectivity index (χ0n) is 17.9. The summed E-state index contributed by atoms with van der Waals surface area (Å²) in [4.78, 5) is 40.8. The number of carbonyl (C=O) groups is 3. The van der Waals surface area contributed by atoms with Gasteiger partial charge in [0.1, 0.15) is 5.78 Å². The number of amides is 3.